The molecule has 0 aliphatic carbocycles. The molecule has 1 aliphatic heterocycles. The predicted octanol–water partition coefficient (Wildman–Crippen LogP) is 18.8. The van der Waals surface area contributed by atoms with Crippen LogP contribution in [-0.2, 0) is 27.1 Å². The zero-order valence-electron chi connectivity index (χ0n) is 46.5. The van der Waals surface area contributed by atoms with E-state index in [4.69, 9.17) is 9.72 Å². The van der Waals surface area contributed by atoms with Gasteiger partial charge in [0.15, 0.2) is 0 Å². The Labute approximate surface area is 451 Å². The van der Waals surface area contributed by atoms with E-state index >= 15 is 0 Å². The quantitative estimate of drug-likeness (QED) is 0.128. The first kappa shape index (κ1) is 50.3. The molecular formula is C71H72N4O. The van der Waals surface area contributed by atoms with E-state index in [1.54, 1.807) is 0 Å². The lowest BCUT2D eigenvalue weighted by molar-refractivity contribution is 0.479. The average Bonchev–Trinajstić information content (AvgIpc) is 4.00. The molecule has 382 valence electrons. The third-order valence-corrected chi connectivity index (χ3v) is 16.2. The van der Waals surface area contributed by atoms with Crippen LogP contribution in [0.4, 0.5) is 22.7 Å². The summed E-state index contributed by atoms with van der Waals surface area (Å²) in [5.41, 5.74) is 15.9. The first-order chi connectivity index (χ1) is 36.2. The minimum atomic E-state index is -0.416. The van der Waals surface area contributed by atoms with Crippen molar-refractivity contribution in [2.75, 3.05) is 16.5 Å². The second-order valence-corrected chi connectivity index (χ2v) is 24.8. The molecule has 0 saturated carbocycles. The van der Waals surface area contributed by atoms with Crippen LogP contribution in [0.15, 0.2) is 206 Å². The number of anilines is 4. The first-order valence-electron chi connectivity index (χ1n) is 27.0. The van der Waals surface area contributed by atoms with Crippen LogP contribution in [0, 0.1) is 0 Å². The van der Waals surface area contributed by atoms with E-state index in [0.29, 0.717) is 6.67 Å². The van der Waals surface area contributed by atoms with Crippen LogP contribution >= 0.6 is 0 Å². The third-order valence-electron chi connectivity index (χ3n) is 16.2. The van der Waals surface area contributed by atoms with Crippen LogP contribution in [-0.4, -0.2) is 16.2 Å². The molecule has 0 amide bonds. The number of ether oxygens (including phenoxy) is 1. The predicted molar refractivity (Wildman–Crippen MR) is 320 cm³/mol. The van der Waals surface area contributed by atoms with Gasteiger partial charge in [-0.25, -0.2) is 4.98 Å². The van der Waals surface area contributed by atoms with Crippen LogP contribution in [0.5, 0.6) is 11.5 Å². The lowest BCUT2D eigenvalue weighted by Gasteiger charge is -2.32. The van der Waals surface area contributed by atoms with Gasteiger partial charge in [-0.15, -0.1) is 0 Å². The van der Waals surface area contributed by atoms with Crippen molar-refractivity contribution in [3.05, 3.63) is 251 Å². The molecule has 2 aromatic heterocycles. The Morgan fingerprint density at radius 2 is 0.882 bits per heavy atom. The molecule has 11 rings (SSSR count). The van der Waals surface area contributed by atoms with Gasteiger partial charge in [-0.2, -0.15) is 0 Å². The standard InChI is InChI=1S/C71H72N4O/c1-67(2,3)53-38-54(68(4,5)6)40-56(39-53)73-47-74(64-31-23-22-30-63(64)73)57-41-55(69(7,8)9)42-59(45-57)76-58-33-34-60-61-43-52(71(12,49-26-18-14-19-27-49)50-28-20-15-21-29-50)32-35-62(61)75(65(60)46-58)66-44-51(36-37-72-66)70(10,11)48-24-16-13-17-25-48/h13-46H,47H2,1-12H3. The molecule has 1 aliphatic rings. The van der Waals surface area contributed by atoms with Gasteiger partial charge < -0.3 is 14.5 Å². The van der Waals surface area contributed by atoms with Crippen LogP contribution in [0.2, 0.25) is 0 Å². The normalized spacial score (nSPS) is 13.4. The number of fused-ring (bicyclic) bond motifs is 4. The molecule has 0 atom stereocenters. The Bertz CT molecular complexity index is 3680. The van der Waals surface area contributed by atoms with Crippen molar-refractivity contribution in [1.82, 2.24) is 9.55 Å². The molecule has 0 fully saturated rings. The maximum absolute atomic E-state index is 7.17. The Morgan fingerprint density at radius 3 is 1.43 bits per heavy atom. The summed E-state index contributed by atoms with van der Waals surface area (Å²) in [7, 11) is 0. The van der Waals surface area contributed by atoms with Gasteiger partial charge >= 0.3 is 0 Å². The molecule has 0 saturated heterocycles. The Morgan fingerprint density at radius 1 is 0.368 bits per heavy atom. The fourth-order valence-corrected chi connectivity index (χ4v) is 11.3. The van der Waals surface area contributed by atoms with Gasteiger partial charge in [-0.3, -0.25) is 4.57 Å². The largest absolute Gasteiger partial charge is 0.457 e. The van der Waals surface area contributed by atoms with E-state index in [2.05, 4.69) is 298 Å². The highest BCUT2D eigenvalue weighted by atomic mass is 16.5. The van der Waals surface area contributed by atoms with Crippen molar-refractivity contribution < 1.29 is 4.74 Å². The molecule has 0 unspecified atom stereocenters. The maximum Gasteiger partial charge on any atom is 0.137 e. The molecule has 0 spiro atoms. The molecular weight excluding hydrogens is 925 g/mol. The molecule has 5 nitrogen and oxygen atoms in total. The first-order valence-corrected chi connectivity index (χ1v) is 27.0. The van der Waals surface area contributed by atoms with E-state index in [9.17, 15) is 0 Å². The summed E-state index contributed by atoms with van der Waals surface area (Å²) in [6, 6.07) is 73.4. The monoisotopic (exact) mass is 997 g/mol. The zero-order valence-corrected chi connectivity index (χ0v) is 46.5. The molecule has 0 bridgehead atoms. The van der Waals surface area contributed by atoms with E-state index in [0.717, 1.165) is 44.8 Å². The minimum absolute atomic E-state index is 0.00544. The molecule has 10 aromatic rings. The second-order valence-electron chi connectivity index (χ2n) is 24.8. The molecule has 0 radical (unpaired) electrons. The van der Waals surface area contributed by atoms with Crippen molar-refractivity contribution in [3.8, 4) is 17.3 Å². The van der Waals surface area contributed by atoms with Crippen LogP contribution < -0.4 is 14.5 Å². The van der Waals surface area contributed by atoms with Gasteiger partial charge in [0, 0.05) is 51.3 Å². The van der Waals surface area contributed by atoms with Gasteiger partial charge in [-0.05, 0) is 140 Å². The lowest BCUT2D eigenvalue weighted by Crippen LogP contribution is -2.26. The molecule has 8 aromatic carbocycles. The fourth-order valence-electron chi connectivity index (χ4n) is 11.3. The summed E-state index contributed by atoms with van der Waals surface area (Å²) in [5.74, 6) is 2.40. The topological polar surface area (TPSA) is 33.5 Å². The maximum atomic E-state index is 7.17. The number of rotatable bonds is 10. The number of hydrogen-bond acceptors (Lipinski definition) is 4. The highest BCUT2D eigenvalue weighted by Crippen LogP contribution is 2.48. The van der Waals surface area contributed by atoms with E-state index < -0.39 is 5.41 Å². The van der Waals surface area contributed by atoms with Gasteiger partial charge in [0.1, 0.15) is 24.0 Å². The summed E-state index contributed by atoms with van der Waals surface area (Å²) in [6.07, 6.45) is 1.96. The number of pyridine rings is 1. The van der Waals surface area contributed by atoms with Crippen LogP contribution in [0.3, 0.4) is 0 Å². The van der Waals surface area contributed by atoms with Crippen LogP contribution in [0.25, 0.3) is 27.6 Å². The third kappa shape index (κ3) is 9.14. The van der Waals surface area contributed by atoms with Crippen molar-refractivity contribution in [1.29, 1.82) is 0 Å². The molecule has 0 N–H and O–H groups in total. The molecule has 76 heavy (non-hydrogen) atoms. The fraction of sp³-hybridized carbons (Fsp3) is 0.254. The van der Waals surface area contributed by atoms with Crippen molar-refractivity contribution in [3.63, 3.8) is 0 Å². The Hall–Kier alpha value is -7.89. The Balaban J connectivity index is 1.05. The Kier molecular flexibility index (Phi) is 12.4. The van der Waals surface area contributed by atoms with Gasteiger partial charge in [-0.1, -0.05) is 191 Å². The number of aromatic nitrogens is 2. The molecule has 3 heterocycles. The van der Waals surface area contributed by atoms with Crippen LogP contribution in [0.1, 0.15) is 128 Å². The number of nitrogens with zero attached hydrogens (tertiary/aromatic N) is 4. The van der Waals surface area contributed by atoms with Gasteiger partial charge in [0.2, 0.25) is 0 Å². The van der Waals surface area contributed by atoms with E-state index in [-0.39, 0.29) is 21.7 Å². The number of benzene rings is 8. The summed E-state index contributed by atoms with van der Waals surface area (Å²) in [6.45, 7) is 28.3. The van der Waals surface area contributed by atoms with Crippen molar-refractivity contribution in [2.24, 2.45) is 0 Å². The average molecular weight is 997 g/mol. The smallest absolute Gasteiger partial charge is 0.137 e. The number of para-hydroxylation sites is 2. The number of hydrogen-bond donors (Lipinski definition) is 0. The highest BCUT2D eigenvalue weighted by Gasteiger charge is 2.34. The lowest BCUT2D eigenvalue weighted by atomic mass is 9.71. The summed E-state index contributed by atoms with van der Waals surface area (Å²) in [4.78, 5) is 10.1. The minimum Gasteiger partial charge on any atom is -0.457 e. The van der Waals surface area contributed by atoms with E-state index in [1.807, 2.05) is 6.20 Å². The van der Waals surface area contributed by atoms with Gasteiger partial charge in [0.05, 0.1) is 22.4 Å². The van der Waals surface area contributed by atoms with Crippen molar-refractivity contribution in [2.45, 2.75) is 110 Å². The van der Waals surface area contributed by atoms with Crippen molar-refractivity contribution >= 4 is 44.6 Å². The SMILES string of the molecule is CC(C)(C)c1cc(Oc2ccc3c4cc(C(C)(c5ccccc5)c5ccccc5)ccc4n(-c4cc(C(C)(C)c5ccccc5)ccn4)c3c2)cc(N2CN(c3cc(C(C)(C)C)cc(C(C)(C)C)c3)c3ccccc32)c1. The summed E-state index contributed by atoms with van der Waals surface area (Å²) >= 11 is 0. The molecule has 5 heteroatoms. The zero-order chi connectivity index (χ0) is 53.4. The van der Waals surface area contributed by atoms with Gasteiger partial charge in [0.25, 0.3) is 0 Å². The van der Waals surface area contributed by atoms with E-state index in [1.165, 1.54) is 61.6 Å². The highest BCUT2D eigenvalue weighted by molar-refractivity contribution is 6.10. The summed E-state index contributed by atoms with van der Waals surface area (Å²) < 4.78 is 9.50. The second kappa shape index (κ2) is 18.7. The summed E-state index contributed by atoms with van der Waals surface area (Å²) in [5, 5.41) is 2.29.